The molecule has 8 nitrogen and oxygen atoms in total. The molecule has 2 heterocycles. The molecule has 1 saturated carbocycles. The Morgan fingerprint density at radius 1 is 1.21 bits per heavy atom. The smallest absolute Gasteiger partial charge is 0.317 e. The van der Waals surface area contributed by atoms with Crippen molar-refractivity contribution < 1.29 is 19.4 Å². The van der Waals surface area contributed by atoms with E-state index in [0.717, 1.165) is 38.4 Å². The van der Waals surface area contributed by atoms with Gasteiger partial charge in [-0.15, -0.1) is 0 Å². The molecule has 0 aromatic heterocycles. The zero-order valence-corrected chi connectivity index (χ0v) is 17.5. The molecule has 28 heavy (non-hydrogen) atoms. The number of nitrogens with zero attached hydrogens (tertiary/aromatic N) is 2. The largest absolute Gasteiger partial charge is 0.388 e. The van der Waals surface area contributed by atoms with Gasteiger partial charge in [-0.2, -0.15) is 0 Å². The van der Waals surface area contributed by atoms with Crippen LogP contribution in [0.15, 0.2) is 0 Å². The first-order chi connectivity index (χ1) is 13.2. The first-order valence-corrected chi connectivity index (χ1v) is 10.5. The molecule has 2 atom stereocenters. The van der Waals surface area contributed by atoms with Crippen molar-refractivity contribution in [2.75, 3.05) is 46.9 Å². The number of aliphatic hydroxyl groups excluding tert-OH is 1. The van der Waals surface area contributed by atoms with Gasteiger partial charge in [0.25, 0.3) is 0 Å². The summed E-state index contributed by atoms with van der Waals surface area (Å²) in [4.78, 5) is 27.9. The van der Waals surface area contributed by atoms with Crippen LogP contribution in [-0.4, -0.2) is 91.0 Å². The van der Waals surface area contributed by atoms with Crippen LogP contribution < -0.4 is 10.6 Å². The van der Waals surface area contributed by atoms with E-state index >= 15 is 0 Å². The Balaban J connectivity index is 1.54. The molecule has 0 bridgehead atoms. The number of rotatable bonds is 5. The molecule has 0 aromatic rings. The Labute approximate surface area is 168 Å². The van der Waals surface area contributed by atoms with Crippen LogP contribution >= 0.6 is 0 Å². The number of piperidine rings is 1. The molecule has 8 heteroatoms. The number of ether oxygens (including phenoxy) is 1. The molecule has 3 N–H and O–H groups in total. The molecule has 2 saturated heterocycles. The lowest BCUT2D eigenvalue weighted by atomic mass is 9.72. The van der Waals surface area contributed by atoms with E-state index in [9.17, 15) is 14.7 Å². The minimum atomic E-state index is -0.770. The number of likely N-dealkylation sites (tertiary alicyclic amines) is 1. The van der Waals surface area contributed by atoms with Gasteiger partial charge < -0.3 is 30.3 Å². The molecule has 2 aliphatic heterocycles. The normalized spacial score (nSPS) is 30.5. The Hall–Kier alpha value is -1.38. The first-order valence-electron chi connectivity index (χ1n) is 10.5. The molecule has 160 valence electrons. The van der Waals surface area contributed by atoms with Gasteiger partial charge in [-0.25, -0.2) is 4.79 Å². The van der Waals surface area contributed by atoms with Crippen LogP contribution in [0, 0.1) is 5.92 Å². The highest BCUT2D eigenvalue weighted by Gasteiger charge is 2.53. The van der Waals surface area contributed by atoms with Gasteiger partial charge in [0, 0.05) is 40.3 Å². The summed E-state index contributed by atoms with van der Waals surface area (Å²) >= 11 is 0. The predicted molar refractivity (Wildman–Crippen MR) is 106 cm³/mol. The Bertz CT molecular complexity index is 573. The van der Waals surface area contributed by atoms with Crippen molar-refractivity contribution >= 4 is 11.9 Å². The average Bonchev–Trinajstić information content (AvgIpc) is 2.62. The third kappa shape index (κ3) is 4.60. The highest BCUT2D eigenvalue weighted by molar-refractivity contribution is 5.84. The second-order valence-electron chi connectivity index (χ2n) is 9.18. The van der Waals surface area contributed by atoms with Crippen molar-refractivity contribution in [1.82, 2.24) is 20.4 Å². The number of urea groups is 1. The van der Waals surface area contributed by atoms with Gasteiger partial charge in [-0.05, 0) is 44.9 Å². The number of carbonyl (C=O) groups excluding carboxylic acids is 2. The number of amides is 3. The van der Waals surface area contributed by atoms with E-state index in [0.29, 0.717) is 13.0 Å². The number of hydrogen-bond donors (Lipinski definition) is 3. The van der Waals surface area contributed by atoms with Crippen molar-refractivity contribution in [3.8, 4) is 0 Å². The average molecular weight is 397 g/mol. The Morgan fingerprint density at radius 2 is 1.89 bits per heavy atom. The van der Waals surface area contributed by atoms with Crippen LogP contribution in [0.3, 0.4) is 0 Å². The van der Waals surface area contributed by atoms with E-state index in [-0.39, 0.29) is 18.5 Å². The Morgan fingerprint density at radius 3 is 2.46 bits per heavy atom. The summed E-state index contributed by atoms with van der Waals surface area (Å²) in [7, 11) is 3.25. The molecule has 0 unspecified atom stereocenters. The van der Waals surface area contributed by atoms with Crippen molar-refractivity contribution in [3.05, 3.63) is 0 Å². The highest BCUT2D eigenvalue weighted by atomic mass is 16.5. The predicted octanol–water partition coefficient (Wildman–Crippen LogP) is 0.548. The van der Waals surface area contributed by atoms with E-state index < -0.39 is 17.2 Å². The van der Waals surface area contributed by atoms with Gasteiger partial charge in [0.2, 0.25) is 5.91 Å². The quantitative estimate of drug-likeness (QED) is 0.631. The molecule has 1 aliphatic carbocycles. The second kappa shape index (κ2) is 8.55. The summed E-state index contributed by atoms with van der Waals surface area (Å²) < 4.78 is 6.11. The van der Waals surface area contributed by atoms with Crippen molar-refractivity contribution in [3.63, 3.8) is 0 Å². The van der Waals surface area contributed by atoms with Gasteiger partial charge in [-0.1, -0.05) is 6.42 Å². The zero-order valence-electron chi connectivity index (χ0n) is 17.5. The monoisotopic (exact) mass is 396 g/mol. The van der Waals surface area contributed by atoms with Crippen molar-refractivity contribution in [2.24, 2.45) is 5.92 Å². The topological polar surface area (TPSA) is 94.1 Å². The van der Waals surface area contributed by atoms with Gasteiger partial charge in [0.15, 0.2) is 0 Å². The summed E-state index contributed by atoms with van der Waals surface area (Å²) in [5.74, 6) is 0.546. The SMILES string of the molecule is CN(C)C(=O)NCC(=O)N[C@]1(C)CCOC2(CCN(CC3CCC3)CC2)[C@H]1O. The lowest BCUT2D eigenvalue weighted by Crippen LogP contribution is -2.69. The van der Waals surface area contributed by atoms with Crippen LogP contribution in [0.4, 0.5) is 4.79 Å². The van der Waals surface area contributed by atoms with Gasteiger partial charge in [0.1, 0.15) is 6.10 Å². The fourth-order valence-corrected chi connectivity index (χ4v) is 4.64. The Kier molecular flexibility index (Phi) is 6.51. The highest BCUT2D eigenvalue weighted by Crippen LogP contribution is 2.40. The van der Waals surface area contributed by atoms with E-state index in [1.165, 1.54) is 24.2 Å². The van der Waals surface area contributed by atoms with E-state index in [1.54, 1.807) is 14.1 Å². The molecular formula is C20H36N4O4. The fraction of sp³-hybridized carbons (Fsp3) is 0.900. The van der Waals surface area contributed by atoms with Gasteiger partial charge in [0.05, 0.1) is 17.7 Å². The summed E-state index contributed by atoms with van der Waals surface area (Å²) in [6.07, 6.45) is 5.39. The number of carbonyl (C=O) groups is 2. The third-order valence-electron chi connectivity index (χ3n) is 6.79. The van der Waals surface area contributed by atoms with Crippen LogP contribution in [0.25, 0.3) is 0 Å². The maximum Gasteiger partial charge on any atom is 0.317 e. The standard InChI is InChI=1S/C20H36N4O4/c1-19(22-16(25)13-21-18(27)23(2)3)9-12-28-20(17(19)26)7-10-24(11-8-20)14-15-5-4-6-15/h15,17,26H,4-14H2,1-3H3,(H,21,27)(H,22,25)/t17-,19+/m0/s1. The summed E-state index contributed by atoms with van der Waals surface area (Å²) in [5, 5.41) is 16.7. The molecular weight excluding hydrogens is 360 g/mol. The van der Waals surface area contributed by atoms with Crippen molar-refractivity contribution in [1.29, 1.82) is 0 Å². The van der Waals surface area contributed by atoms with Crippen LogP contribution in [0.5, 0.6) is 0 Å². The number of aliphatic hydroxyl groups is 1. The lowest BCUT2D eigenvalue weighted by Gasteiger charge is -2.54. The molecule has 3 rings (SSSR count). The molecule has 0 radical (unpaired) electrons. The number of hydrogen-bond acceptors (Lipinski definition) is 5. The summed E-state index contributed by atoms with van der Waals surface area (Å²) in [5.41, 5.74) is -1.35. The maximum absolute atomic E-state index is 12.4. The third-order valence-corrected chi connectivity index (χ3v) is 6.79. The molecule has 3 amide bonds. The first kappa shape index (κ1) is 21.3. The van der Waals surface area contributed by atoms with Crippen LogP contribution in [-0.2, 0) is 9.53 Å². The summed E-state index contributed by atoms with van der Waals surface area (Å²) in [6.45, 7) is 5.30. The van der Waals surface area contributed by atoms with Crippen LogP contribution in [0.1, 0.15) is 45.4 Å². The minimum Gasteiger partial charge on any atom is -0.388 e. The fourth-order valence-electron chi connectivity index (χ4n) is 4.64. The molecule has 0 aromatic carbocycles. The van der Waals surface area contributed by atoms with E-state index in [2.05, 4.69) is 15.5 Å². The molecule has 3 aliphatic rings. The second-order valence-corrected chi connectivity index (χ2v) is 9.18. The molecule has 3 fully saturated rings. The molecule has 1 spiro atoms. The number of nitrogens with one attached hydrogen (secondary N) is 2. The minimum absolute atomic E-state index is 0.109. The van der Waals surface area contributed by atoms with Gasteiger partial charge in [-0.3, -0.25) is 4.79 Å². The lowest BCUT2D eigenvalue weighted by molar-refractivity contribution is -0.208. The van der Waals surface area contributed by atoms with Crippen molar-refractivity contribution in [2.45, 2.75) is 62.7 Å². The summed E-state index contributed by atoms with van der Waals surface area (Å²) in [6, 6.07) is -0.317. The van der Waals surface area contributed by atoms with Crippen LogP contribution in [0.2, 0.25) is 0 Å². The van der Waals surface area contributed by atoms with E-state index in [4.69, 9.17) is 4.74 Å². The zero-order chi connectivity index (χ0) is 20.4. The van der Waals surface area contributed by atoms with E-state index in [1.807, 2.05) is 6.92 Å². The van der Waals surface area contributed by atoms with Gasteiger partial charge >= 0.3 is 6.03 Å². The maximum atomic E-state index is 12.4.